The summed E-state index contributed by atoms with van der Waals surface area (Å²) in [6, 6.07) is 16.0. The van der Waals surface area contributed by atoms with Gasteiger partial charge in [0.05, 0.1) is 0 Å². The Morgan fingerprint density at radius 2 is 1.71 bits per heavy atom. The van der Waals surface area contributed by atoms with Crippen molar-refractivity contribution in [3.05, 3.63) is 54.1 Å². The van der Waals surface area contributed by atoms with E-state index in [2.05, 4.69) is 31.1 Å². The second kappa shape index (κ2) is 10.2. The minimum absolute atomic E-state index is 0.0145. The standard InChI is InChI=1S/C18H21NO3.C2H2O4/c1-19(2)12-11-15(14-7-4-3-5-8-14)22-17-10-6-9-16-18(17)21-13-20-16;3-1(4)2(5)6/h3-10,15H,11-13H2,1-2H3;(H,3,4)(H,5,6). The lowest BCUT2D eigenvalue weighted by Crippen LogP contribution is -2.18. The number of para-hydroxylation sites is 1. The molecule has 0 bridgehead atoms. The summed E-state index contributed by atoms with van der Waals surface area (Å²) in [5.41, 5.74) is 1.17. The Kier molecular flexibility index (Phi) is 7.65. The molecule has 0 aromatic heterocycles. The topological polar surface area (TPSA) is 106 Å². The number of carbonyl (C=O) groups is 2. The van der Waals surface area contributed by atoms with Crippen molar-refractivity contribution in [2.45, 2.75) is 12.5 Å². The number of nitrogens with zero attached hydrogens (tertiary/aromatic N) is 1. The maximum absolute atomic E-state index is 9.10. The lowest BCUT2D eigenvalue weighted by Gasteiger charge is -2.22. The molecule has 3 rings (SSSR count). The van der Waals surface area contributed by atoms with Gasteiger partial charge in [-0.3, -0.25) is 0 Å². The number of aliphatic carboxylic acids is 2. The maximum Gasteiger partial charge on any atom is 0.414 e. The third kappa shape index (κ3) is 6.17. The molecule has 2 aromatic rings. The van der Waals surface area contributed by atoms with Crippen molar-refractivity contribution in [2.75, 3.05) is 27.4 Å². The minimum Gasteiger partial charge on any atom is -0.482 e. The Hall–Kier alpha value is -3.26. The molecular formula is C20H23NO7. The maximum atomic E-state index is 9.10. The number of carboxylic acids is 2. The molecule has 1 heterocycles. The molecule has 8 nitrogen and oxygen atoms in total. The van der Waals surface area contributed by atoms with E-state index in [9.17, 15) is 0 Å². The molecule has 1 atom stereocenters. The Balaban J connectivity index is 0.000000409. The summed E-state index contributed by atoms with van der Waals surface area (Å²) in [5, 5.41) is 14.8. The fourth-order valence-corrected chi connectivity index (χ4v) is 2.49. The highest BCUT2D eigenvalue weighted by atomic mass is 16.7. The van der Waals surface area contributed by atoms with Gasteiger partial charge in [0.25, 0.3) is 0 Å². The predicted molar refractivity (Wildman–Crippen MR) is 101 cm³/mol. The highest BCUT2D eigenvalue weighted by Crippen LogP contribution is 2.42. The summed E-state index contributed by atoms with van der Waals surface area (Å²) < 4.78 is 17.2. The van der Waals surface area contributed by atoms with Crippen LogP contribution >= 0.6 is 0 Å². The van der Waals surface area contributed by atoms with Crippen LogP contribution in [0, 0.1) is 0 Å². The van der Waals surface area contributed by atoms with Crippen molar-refractivity contribution in [3.8, 4) is 17.2 Å². The summed E-state index contributed by atoms with van der Waals surface area (Å²) in [6.45, 7) is 1.20. The first-order valence-electron chi connectivity index (χ1n) is 8.59. The quantitative estimate of drug-likeness (QED) is 0.727. The number of hydrogen-bond donors (Lipinski definition) is 2. The van der Waals surface area contributed by atoms with Gasteiger partial charge in [0.2, 0.25) is 12.5 Å². The second-order valence-electron chi connectivity index (χ2n) is 6.21. The van der Waals surface area contributed by atoms with Gasteiger partial charge in [-0.25, -0.2) is 9.59 Å². The van der Waals surface area contributed by atoms with Gasteiger partial charge in [0.1, 0.15) is 6.10 Å². The highest BCUT2D eigenvalue weighted by molar-refractivity contribution is 6.27. The molecule has 1 aliphatic heterocycles. The Bertz CT molecular complexity index is 780. The molecule has 8 heteroatoms. The average molecular weight is 389 g/mol. The van der Waals surface area contributed by atoms with Crippen LogP contribution in [0.5, 0.6) is 17.2 Å². The Morgan fingerprint density at radius 1 is 1.04 bits per heavy atom. The molecule has 0 spiro atoms. The van der Waals surface area contributed by atoms with Gasteiger partial charge in [0, 0.05) is 13.0 Å². The third-order valence-corrected chi connectivity index (χ3v) is 3.82. The van der Waals surface area contributed by atoms with Crippen LogP contribution < -0.4 is 14.2 Å². The largest absolute Gasteiger partial charge is 0.482 e. The number of ether oxygens (including phenoxy) is 3. The first-order chi connectivity index (χ1) is 13.4. The molecule has 2 N–H and O–H groups in total. The summed E-state index contributed by atoms with van der Waals surface area (Å²) in [7, 11) is 4.14. The Morgan fingerprint density at radius 3 is 2.32 bits per heavy atom. The molecule has 0 saturated heterocycles. The van der Waals surface area contributed by atoms with E-state index in [0.29, 0.717) is 5.75 Å². The number of fused-ring (bicyclic) bond motifs is 1. The van der Waals surface area contributed by atoms with E-state index >= 15 is 0 Å². The summed E-state index contributed by atoms with van der Waals surface area (Å²) in [4.78, 5) is 20.4. The van der Waals surface area contributed by atoms with Crippen molar-refractivity contribution >= 4 is 11.9 Å². The molecule has 1 unspecified atom stereocenters. The van der Waals surface area contributed by atoms with Gasteiger partial charge >= 0.3 is 11.9 Å². The van der Waals surface area contributed by atoms with E-state index in [1.165, 1.54) is 5.56 Å². The highest BCUT2D eigenvalue weighted by Gasteiger charge is 2.22. The fraction of sp³-hybridized carbons (Fsp3) is 0.300. The molecule has 0 saturated carbocycles. The monoisotopic (exact) mass is 389 g/mol. The van der Waals surface area contributed by atoms with Gasteiger partial charge in [-0.2, -0.15) is 0 Å². The second-order valence-corrected chi connectivity index (χ2v) is 6.21. The molecule has 1 aliphatic rings. The van der Waals surface area contributed by atoms with E-state index in [1.807, 2.05) is 36.4 Å². The summed E-state index contributed by atoms with van der Waals surface area (Å²) in [6.07, 6.45) is 0.890. The molecule has 2 aromatic carbocycles. The van der Waals surface area contributed by atoms with Gasteiger partial charge in [-0.05, 0) is 31.8 Å². The van der Waals surface area contributed by atoms with Crippen LogP contribution in [0.15, 0.2) is 48.5 Å². The molecule has 150 valence electrons. The molecule has 0 radical (unpaired) electrons. The minimum atomic E-state index is -1.82. The van der Waals surface area contributed by atoms with Crippen LogP contribution in [0.3, 0.4) is 0 Å². The first-order valence-corrected chi connectivity index (χ1v) is 8.59. The number of rotatable bonds is 6. The molecule has 0 amide bonds. The molecule has 0 fully saturated rings. The lowest BCUT2D eigenvalue weighted by atomic mass is 10.1. The average Bonchev–Trinajstić information content (AvgIpc) is 3.15. The normalized spacial score (nSPS) is 12.7. The van der Waals surface area contributed by atoms with E-state index in [4.69, 9.17) is 34.0 Å². The van der Waals surface area contributed by atoms with Crippen molar-refractivity contribution in [3.63, 3.8) is 0 Å². The van der Waals surface area contributed by atoms with Crippen LogP contribution in [0.1, 0.15) is 18.1 Å². The zero-order chi connectivity index (χ0) is 20.5. The van der Waals surface area contributed by atoms with Crippen LogP contribution in [-0.4, -0.2) is 54.5 Å². The number of benzene rings is 2. The van der Waals surface area contributed by atoms with E-state index in [-0.39, 0.29) is 12.9 Å². The number of carboxylic acid groups (broad SMARTS) is 2. The van der Waals surface area contributed by atoms with Crippen LogP contribution in [-0.2, 0) is 9.59 Å². The van der Waals surface area contributed by atoms with Crippen molar-refractivity contribution in [1.29, 1.82) is 0 Å². The van der Waals surface area contributed by atoms with Crippen molar-refractivity contribution in [1.82, 2.24) is 4.90 Å². The smallest absolute Gasteiger partial charge is 0.414 e. The van der Waals surface area contributed by atoms with Crippen LogP contribution in [0.25, 0.3) is 0 Å². The Labute approximate surface area is 162 Å². The predicted octanol–water partition coefficient (Wildman–Crippen LogP) is 2.64. The molecular weight excluding hydrogens is 366 g/mol. The molecule has 28 heavy (non-hydrogen) atoms. The summed E-state index contributed by atoms with van der Waals surface area (Å²) >= 11 is 0. The van der Waals surface area contributed by atoms with Crippen molar-refractivity contribution in [2.24, 2.45) is 0 Å². The zero-order valence-corrected chi connectivity index (χ0v) is 15.7. The fourth-order valence-electron chi connectivity index (χ4n) is 2.49. The van der Waals surface area contributed by atoms with Gasteiger partial charge in [-0.1, -0.05) is 36.4 Å². The lowest BCUT2D eigenvalue weighted by molar-refractivity contribution is -0.159. The van der Waals surface area contributed by atoms with Crippen LogP contribution in [0.4, 0.5) is 0 Å². The third-order valence-electron chi connectivity index (χ3n) is 3.82. The number of hydrogen-bond acceptors (Lipinski definition) is 6. The van der Waals surface area contributed by atoms with E-state index in [1.54, 1.807) is 0 Å². The van der Waals surface area contributed by atoms with Crippen molar-refractivity contribution < 1.29 is 34.0 Å². The SMILES string of the molecule is CN(C)CCC(Oc1cccc2c1OCO2)c1ccccc1.O=C(O)C(=O)O. The summed E-state index contributed by atoms with van der Waals surface area (Å²) in [5.74, 6) is -1.46. The van der Waals surface area contributed by atoms with Crippen LogP contribution in [0.2, 0.25) is 0 Å². The van der Waals surface area contributed by atoms with Gasteiger partial charge in [0.15, 0.2) is 11.5 Å². The van der Waals surface area contributed by atoms with E-state index in [0.717, 1.165) is 24.5 Å². The van der Waals surface area contributed by atoms with Gasteiger partial charge < -0.3 is 29.3 Å². The first kappa shape index (κ1) is 21.0. The van der Waals surface area contributed by atoms with E-state index < -0.39 is 11.9 Å². The van der Waals surface area contributed by atoms with Gasteiger partial charge in [-0.15, -0.1) is 0 Å². The zero-order valence-electron chi connectivity index (χ0n) is 15.7. The molecule has 0 aliphatic carbocycles.